The minimum atomic E-state index is -0.392. The lowest BCUT2D eigenvalue weighted by atomic mass is 9.94. The van der Waals surface area contributed by atoms with Crippen molar-refractivity contribution in [2.45, 2.75) is 19.3 Å². The third-order valence-corrected chi connectivity index (χ3v) is 5.46. The summed E-state index contributed by atoms with van der Waals surface area (Å²) in [4.78, 5) is 11.6. The van der Waals surface area contributed by atoms with Crippen LogP contribution in [0.3, 0.4) is 0 Å². The molecular weight excluding hydrogens is 331 g/mol. The minimum absolute atomic E-state index is 0.226. The molecular formula is C20H25FN4O. The van der Waals surface area contributed by atoms with Gasteiger partial charge in [-0.25, -0.2) is 9.37 Å². The Hall–Kier alpha value is -2.21. The lowest BCUT2D eigenvalue weighted by molar-refractivity contribution is 0.103. The average Bonchev–Trinajstić information content (AvgIpc) is 2.98. The Kier molecular flexibility index (Phi) is 5.02. The van der Waals surface area contributed by atoms with E-state index in [1.54, 1.807) is 0 Å². The third kappa shape index (κ3) is 3.26. The summed E-state index contributed by atoms with van der Waals surface area (Å²) >= 11 is 0. The highest BCUT2D eigenvalue weighted by molar-refractivity contribution is 6.06. The van der Waals surface area contributed by atoms with Gasteiger partial charge < -0.3 is 14.2 Å². The number of piperidine rings is 1. The summed E-state index contributed by atoms with van der Waals surface area (Å²) in [5, 5.41) is 2.30. The van der Waals surface area contributed by atoms with E-state index in [1.807, 2.05) is 18.5 Å². The lowest BCUT2D eigenvalue weighted by Crippen LogP contribution is -2.34. The molecule has 0 spiro atoms. The molecule has 3 aromatic heterocycles. The second-order valence-corrected chi connectivity index (χ2v) is 7.01. The quantitative estimate of drug-likeness (QED) is 0.632. The van der Waals surface area contributed by atoms with Gasteiger partial charge in [0.25, 0.3) is 0 Å². The van der Waals surface area contributed by atoms with Crippen LogP contribution < -0.4 is 4.90 Å². The first-order valence-electron chi connectivity index (χ1n) is 9.35. The molecule has 6 heteroatoms. The standard InChI is InChI=1S/C20H25FN4O/c1-24-18-4-9-22-14-17(18)16-2-3-19(23-20(16)24)25-10-5-15(6-11-25)7-12-26-13-8-21/h2-4,9,14-15H,5-8,10-13H2,1H3. The first-order valence-corrected chi connectivity index (χ1v) is 9.35. The fourth-order valence-corrected chi connectivity index (χ4v) is 3.94. The molecule has 4 rings (SSSR count). The molecule has 0 saturated carbocycles. The van der Waals surface area contributed by atoms with E-state index in [9.17, 15) is 4.39 Å². The zero-order valence-electron chi connectivity index (χ0n) is 15.2. The van der Waals surface area contributed by atoms with Crippen molar-refractivity contribution < 1.29 is 9.13 Å². The second kappa shape index (κ2) is 7.58. The number of alkyl halides is 1. The monoisotopic (exact) mass is 356 g/mol. The number of aryl methyl sites for hydroxylation is 1. The van der Waals surface area contributed by atoms with Crippen molar-refractivity contribution in [3.05, 3.63) is 30.6 Å². The second-order valence-electron chi connectivity index (χ2n) is 7.01. The summed E-state index contributed by atoms with van der Waals surface area (Å²) < 4.78 is 19.5. The van der Waals surface area contributed by atoms with E-state index in [0.717, 1.165) is 60.1 Å². The first-order chi connectivity index (χ1) is 12.8. The molecule has 0 unspecified atom stereocenters. The smallest absolute Gasteiger partial charge is 0.143 e. The van der Waals surface area contributed by atoms with Crippen molar-refractivity contribution in [1.29, 1.82) is 0 Å². The van der Waals surface area contributed by atoms with Crippen LogP contribution >= 0.6 is 0 Å². The Morgan fingerprint density at radius 1 is 1.15 bits per heavy atom. The van der Waals surface area contributed by atoms with Crippen LogP contribution in [-0.2, 0) is 11.8 Å². The number of aromatic nitrogens is 3. The normalized spacial score (nSPS) is 16.0. The van der Waals surface area contributed by atoms with Crippen LogP contribution in [0.5, 0.6) is 0 Å². The molecule has 5 nitrogen and oxygen atoms in total. The number of ether oxygens (including phenoxy) is 1. The van der Waals surface area contributed by atoms with Crippen molar-refractivity contribution in [2.24, 2.45) is 13.0 Å². The van der Waals surface area contributed by atoms with E-state index in [0.29, 0.717) is 12.5 Å². The van der Waals surface area contributed by atoms with Crippen molar-refractivity contribution in [2.75, 3.05) is 37.9 Å². The summed E-state index contributed by atoms with van der Waals surface area (Å²) in [5.41, 5.74) is 2.17. The van der Waals surface area contributed by atoms with Crippen LogP contribution in [0.25, 0.3) is 21.9 Å². The average molecular weight is 356 g/mol. The summed E-state index contributed by atoms with van der Waals surface area (Å²) in [5.74, 6) is 1.71. The van der Waals surface area contributed by atoms with Crippen LogP contribution in [0.2, 0.25) is 0 Å². The zero-order chi connectivity index (χ0) is 17.9. The van der Waals surface area contributed by atoms with Gasteiger partial charge in [-0.15, -0.1) is 0 Å². The van der Waals surface area contributed by atoms with Gasteiger partial charge in [0, 0.05) is 49.9 Å². The maximum atomic E-state index is 12.1. The molecule has 3 aromatic rings. The van der Waals surface area contributed by atoms with Crippen molar-refractivity contribution in [1.82, 2.24) is 14.5 Å². The van der Waals surface area contributed by atoms with E-state index in [4.69, 9.17) is 9.72 Å². The molecule has 0 amide bonds. The molecule has 138 valence electrons. The van der Waals surface area contributed by atoms with Gasteiger partial charge in [-0.1, -0.05) is 0 Å². The van der Waals surface area contributed by atoms with Crippen LogP contribution in [-0.4, -0.2) is 47.5 Å². The molecule has 0 atom stereocenters. The van der Waals surface area contributed by atoms with Gasteiger partial charge in [0.05, 0.1) is 12.1 Å². The molecule has 1 aliphatic rings. The highest BCUT2D eigenvalue weighted by Gasteiger charge is 2.21. The first kappa shape index (κ1) is 17.2. The molecule has 1 saturated heterocycles. The SMILES string of the molecule is Cn1c2ccncc2c2ccc(N3CCC(CCOCCF)CC3)nc21. The maximum absolute atomic E-state index is 12.1. The number of hydrogen-bond donors (Lipinski definition) is 0. The predicted octanol–water partition coefficient (Wildman–Crippen LogP) is 3.71. The highest BCUT2D eigenvalue weighted by Crippen LogP contribution is 2.30. The number of rotatable bonds is 6. The van der Waals surface area contributed by atoms with E-state index >= 15 is 0 Å². The Bertz CT molecular complexity index is 886. The Morgan fingerprint density at radius 2 is 2.00 bits per heavy atom. The van der Waals surface area contributed by atoms with Gasteiger partial charge in [0.15, 0.2) is 0 Å². The molecule has 0 N–H and O–H groups in total. The Balaban J connectivity index is 1.46. The number of fused-ring (bicyclic) bond motifs is 3. The summed E-state index contributed by atoms with van der Waals surface area (Å²) in [6.07, 6.45) is 7.03. The van der Waals surface area contributed by atoms with Gasteiger partial charge >= 0.3 is 0 Å². The molecule has 26 heavy (non-hydrogen) atoms. The fraction of sp³-hybridized carbons (Fsp3) is 0.500. The number of nitrogens with zero attached hydrogens (tertiary/aromatic N) is 4. The summed E-state index contributed by atoms with van der Waals surface area (Å²) in [6, 6.07) is 6.32. The van der Waals surface area contributed by atoms with E-state index in [1.165, 1.54) is 0 Å². The third-order valence-electron chi connectivity index (χ3n) is 5.46. The van der Waals surface area contributed by atoms with Crippen molar-refractivity contribution in [3.63, 3.8) is 0 Å². The highest BCUT2D eigenvalue weighted by atomic mass is 19.1. The summed E-state index contributed by atoms with van der Waals surface area (Å²) in [7, 11) is 2.06. The molecule has 0 bridgehead atoms. The van der Waals surface area contributed by atoms with E-state index in [2.05, 4.69) is 33.6 Å². The van der Waals surface area contributed by atoms with Crippen molar-refractivity contribution >= 4 is 27.8 Å². The summed E-state index contributed by atoms with van der Waals surface area (Å²) in [6.45, 7) is 2.53. The molecule has 1 fully saturated rings. The minimum Gasteiger partial charge on any atom is -0.379 e. The predicted molar refractivity (Wildman–Crippen MR) is 102 cm³/mol. The Labute approximate surface area is 152 Å². The van der Waals surface area contributed by atoms with Gasteiger partial charge in [0.2, 0.25) is 0 Å². The number of halogens is 1. The number of hydrogen-bond acceptors (Lipinski definition) is 4. The van der Waals surface area contributed by atoms with E-state index < -0.39 is 6.67 Å². The zero-order valence-corrected chi connectivity index (χ0v) is 15.2. The van der Waals surface area contributed by atoms with Crippen molar-refractivity contribution in [3.8, 4) is 0 Å². The number of anilines is 1. The fourth-order valence-electron chi connectivity index (χ4n) is 3.94. The van der Waals surface area contributed by atoms with Gasteiger partial charge in [-0.3, -0.25) is 4.98 Å². The maximum Gasteiger partial charge on any atom is 0.143 e. The van der Waals surface area contributed by atoms with Gasteiger partial charge in [-0.05, 0) is 43.4 Å². The Morgan fingerprint density at radius 3 is 2.81 bits per heavy atom. The van der Waals surface area contributed by atoms with Crippen LogP contribution in [0.1, 0.15) is 19.3 Å². The largest absolute Gasteiger partial charge is 0.379 e. The van der Waals surface area contributed by atoms with Crippen LogP contribution in [0, 0.1) is 5.92 Å². The van der Waals surface area contributed by atoms with Gasteiger partial charge in [-0.2, -0.15) is 0 Å². The van der Waals surface area contributed by atoms with E-state index in [-0.39, 0.29) is 6.61 Å². The van der Waals surface area contributed by atoms with Gasteiger partial charge in [0.1, 0.15) is 18.1 Å². The topological polar surface area (TPSA) is 43.2 Å². The number of pyridine rings is 2. The molecule has 0 aromatic carbocycles. The van der Waals surface area contributed by atoms with Crippen LogP contribution in [0.4, 0.5) is 10.2 Å². The van der Waals surface area contributed by atoms with Crippen LogP contribution in [0.15, 0.2) is 30.6 Å². The molecule has 1 aliphatic heterocycles. The molecule has 0 radical (unpaired) electrons. The molecule has 4 heterocycles. The molecule has 0 aliphatic carbocycles. The lowest BCUT2D eigenvalue weighted by Gasteiger charge is -2.32.